The molecular weight excluding hydrogens is 350 g/mol. The Morgan fingerprint density at radius 2 is 1.71 bits per heavy atom. The first-order chi connectivity index (χ1) is 13.6. The lowest BCUT2D eigenvalue weighted by Crippen LogP contribution is -2.54. The minimum atomic E-state index is -0.712. The third-order valence-corrected chi connectivity index (χ3v) is 6.31. The normalized spacial score (nSPS) is 22.7. The van der Waals surface area contributed by atoms with Crippen LogP contribution < -0.4 is 0 Å². The van der Waals surface area contributed by atoms with Crippen molar-refractivity contribution in [1.82, 2.24) is 4.90 Å². The van der Waals surface area contributed by atoms with E-state index in [0.29, 0.717) is 18.5 Å². The molecular formula is C24H27NO3. The van der Waals surface area contributed by atoms with Crippen molar-refractivity contribution in [1.29, 1.82) is 0 Å². The molecule has 0 aromatic heterocycles. The number of carbonyl (C=O) groups is 1. The molecule has 28 heavy (non-hydrogen) atoms. The Morgan fingerprint density at radius 1 is 1.11 bits per heavy atom. The largest absolute Gasteiger partial charge is 0.396 e. The number of nitrogens with zero attached hydrogens (tertiary/aromatic N) is 1. The van der Waals surface area contributed by atoms with Crippen LogP contribution in [0.3, 0.4) is 0 Å². The van der Waals surface area contributed by atoms with Gasteiger partial charge in [0, 0.05) is 18.5 Å². The van der Waals surface area contributed by atoms with Gasteiger partial charge in [-0.1, -0.05) is 61.9 Å². The van der Waals surface area contributed by atoms with Gasteiger partial charge in [-0.15, -0.1) is 0 Å². The second kappa shape index (κ2) is 7.53. The van der Waals surface area contributed by atoms with Gasteiger partial charge in [0.25, 0.3) is 5.91 Å². The molecule has 0 aliphatic carbocycles. The first kappa shape index (κ1) is 18.9. The van der Waals surface area contributed by atoms with Crippen LogP contribution in [0.25, 0.3) is 21.5 Å². The highest BCUT2D eigenvalue weighted by Gasteiger charge is 2.42. The van der Waals surface area contributed by atoms with E-state index < -0.39 is 11.5 Å². The van der Waals surface area contributed by atoms with Gasteiger partial charge in [0.1, 0.15) is 0 Å². The predicted molar refractivity (Wildman–Crippen MR) is 112 cm³/mol. The van der Waals surface area contributed by atoms with Gasteiger partial charge in [-0.2, -0.15) is 0 Å². The van der Waals surface area contributed by atoms with Crippen LogP contribution in [0.4, 0.5) is 0 Å². The topological polar surface area (TPSA) is 60.8 Å². The van der Waals surface area contributed by atoms with Crippen molar-refractivity contribution < 1.29 is 15.0 Å². The number of hydrogen-bond acceptors (Lipinski definition) is 3. The Kier molecular flexibility index (Phi) is 5.09. The smallest absolute Gasteiger partial charge is 0.255 e. The number of carbonyl (C=O) groups excluding carboxylic acids is 1. The first-order valence-electron chi connectivity index (χ1n) is 10.1. The van der Waals surface area contributed by atoms with E-state index in [9.17, 15) is 15.0 Å². The molecule has 4 nitrogen and oxygen atoms in total. The Labute approximate surface area is 165 Å². The molecule has 146 valence electrons. The highest BCUT2D eigenvalue weighted by molar-refractivity contribution is 6.18. The summed E-state index contributed by atoms with van der Waals surface area (Å²) >= 11 is 0. The Morgan fingerprint density at radius 3 is 2.25 bits per heavy atom. The molecule has 1 fully saturated rings. The van der Waals surface area contributed by atoms with Gasteiger partial charge in [0.15, 0.2) is 0 Å². The van der Waals surface area contributed by atoms with Gasteiger partial charge in [0.2, 0.25) is 0 Å². The molecule has 1 aliphatic rings. The van der Waals surface area contributed by atoms with Crippen molar-refractivity contribution in [2.24, 2.45) is 5.41 Å². The van der Waals surface area contributed by atoms with Crippen molar-refractivity contribution in [2.75, 3.05) is 19.7 Å². The second-order valence-electron chi connectivity index (χ2n) is 7.98. The lowest BCUT2D eigenvalue weighted by atomic mass is 9.73. The van der Waals surface area contributed by atoms with Crippen LogP contribution in [-0.4, -0.2) is 46.8 Å². The van der Waals surface area contributed by atoms with Crippen LogP contribution in [0.1, 0.15) is 36.5 Å². The fourth-order valence-corrected chi connectivity index (χ4v) is 4.66. The van der Waals surface area contributed by atoms with Gasteiger partial charge in [-0.3, -0.25) is 4.79 Å². The number of aliphatic hydroxyl groups is 2. The third-order valence-electron chi connectivity index (χ3n) is 6.31. The molecule has 3 aromatic carbocycles. The molecule has 2 N–H and O–H groups in total. The van der Waals surface area contributed by atoms with Crippen LogP contribution in [0.5, 0.6) is 0 Å². The van der Waals surface area contributed by atoms with E-state index >= 15 is 0 Å². The fourth-order valence-electron chi connectivity index (χ4n) is 4.66. The lowest BCUT2D eigenvalue weighted by Gasteiger charge is -2.44. The van der Waals surface area contributed by atoms with E-state index in [1.807, 2.05) is 48.5 Å². The van der Waals surface area contributed by atoms with Crippen LogP contribution in [-0.2, 0) is 0 Å². The van der Waals surface area contributed by atoms with E-state index in [1.165, 1.54) is 0 Å². The number of likely N-dealkylation sites (tertiary alicyclic amines) is 1. The predicted octanol–water partition coefficient (Wildman–Crippen LogP) is 3.98. The maximum Gasteiger partial charge on any atom is 0.255 e. The maximum atomic E-state index is 13.6. The Bertz CT molecular complexity index is 961. The van der Waals surface area contributed by atoms with Crippen LogP contribution >= 0.6 is 0 Å². The molecule has 0 spiro atoms. The van der Waals surface area contributed by atoms with E-state index in [2.05, 4.69) is 13.0 Å². The number of piperidine rings is 1. The van der Waals surface area contributed by atoms with E-state index in [-0.39, 0.29) is 19.1 Å². The summed E-state index contributed by atoms with van der Waals surface area (Å²) in [6, 6.07) is 18.0. The number of hydrogen-bond donors (Lipinski definition) is 2. The number of aliphatic hydroxyl groups excluding tert-OH is 2. The summed E-state index contributed by atoms with van der Waals surface area (Å²) in [5.74, 6) is -0.0462. The maximum absolute atomic E-state index is 13.6. The summed E-state index contributed by atoms with van der Waals surface area (Å²) in [5, 5.41) is 24.6. The minimum absolute atomic E-state index is 0.0404. The van der Waals surface area contributed by atoms with E-state index in [4.69, 9.17) is 0 Å². The summed E-state index contributed by atoms with van der Waals surface area (Å²) in [6.07, 6.45) is 1.58. The van der Waals surface area contributed by atoms with Gasteiger partial charge in [-0.05, 0) is 40.5 Å². The molecule has 1 heterocycles. The minimum Gasteiger partial charge on any atom is -0.396 e. The van der Waals surface area contributed by atoms with Crippen LogP contribution in [0, 0.1) is 5.41 Å². The first-order valence-corrected chi connectivity index (χ1v) is 10.1. The molecule has 1 saturated heterocycles. The summed E-state index contributed by atoms with van der Waals surface area (Å²) in [7, 11) is 0. The summed E-state index contributed by atoms with van der Waals surface area (Å²) in [5.41, 5.74) is 0.208. The molecule has 1 amide bonds. The van der Waals surface area contributed by atoms with Crippen molar-refractivity contribution in [2.45, 2.75) is 32.3 Å². The van der Waals surface area contributed by atoms with Crippen molar-refractivity contribution in [3.05, 3.63) is 60.2 Å². The van der Waals surface area contributed by atoms with Gasteiger partial charge in [0.05, 0.1) is 18.3 Å². The summed E-state index contributed by atoms with van der Waals surface area (Å²) < 4.78 is 0. The third kappa shape index (κ3) is 3.07. The monoisotopic (exact) mass is 377 g/mol. The molecule has 4 rings (SSSR count). The molecule has 0 saturated carbocycles. The highest BCUT2D eigenvalue weighted by atomic mass is 16.3. The van der Waals surface area contributed by atoms with Gasteiger partial charge < -0.3 is 15.1 Å². The number of fused-ring (bicyclic) bond motifs is 2. The van der Waals surface area contributed by atoms with E-state index in [0.717, 1.165) is 34.4 Å². The number of β-amino-alcohol motifs (C(OH)–C–C–N with tert-alkyl or cyclic N) is 1. The Balaban J connectivity index is 1.75. The number of amides is 1. The molecule has 3 aromatic rings. The summed E-state index contributed by atoms with van der Waals surface area (Å²) in [6.45, 7) is 2.83. The zero-order chi connectivity index (χ0) is 19.7. The molecule has 0 bridgehead atoms. The second-order valence-corrected chi connectivity index (χ2v) is 7.98. The highest BCUT2D eigenvalue weighted by Crippen LogP contribution is 2.37. The molecule has 2 atom stereocenters. The van der Waals surface area contributed by atoms with Crippen molar-refractivity contribution in [3.63, 3.8) is 0 Å². The average molecular weight is 377 g/mol. The van der Waals surface area contributed by atoms with E-state index in [1.54, 1.807) is 4.90 Å². The number of rotatable bonds is 4. The molecule has 1 aliphatic heterocycles. The molecule has 0 radical (unpaired) electrons. The zero-order valence-electron chi connectivity index (χ0n) is 16.3. The molecule has 0 unspecified atom stereocenters. The van der Waals surface area contributed by atoms with Gasteiger partial charge in [-0.25, -0.2) is 0 Å². The fraction of sp³-hybridized carbons (Fsp3) is 0.375. The summed E-state index contributed by atoms with van der Waals surface area (Å²) in [4.78, 5) is 15.3. The molecule has 4 heteroatoms. The Hall–Kier alpha value is -2.43. The SMILES string of the molecule is CCC[C@]1(CO)CCN(C(=O)c2c3ccccc3cc3ccccc23)C[C@H]1O. The lowest BCUT2D eigenvalue weighted by molar-refractivity contribution is -0.0712. The van der Waals surface area contributed by atoms with Crippen molar-refractivity contribution in [3.8, 4) is 0 Å². The van der Waals surface area contributed by atoms with Crippen molar-refractivity contribution >= 4 is 27.5 Å². The standard InChI is InChI=1S/C24H27NO3/c1-2-11-24(16-26)12-13-25(15-21(24)27)23(28)22-19-9-5-3-7-17(19)14-18-8-4-6-10-20(18)22/h3-10,14,21,26-27H,2,11-13,15-16H2,1H3/t21-,24-/m1/s1. The van der Waals surface area contributed by atoms with Crippen LogP contribution in [0.2, 0.25) is 0 Å². The average Bonchev–Trinajstić information content (AvgIpc) is 2.73. The number of benzene rings is 3. The van der Waals surface area contributed by atoms with Gasteiger partial charge >= 0.3 is 0 Å². The van der Waals surface area contributed by atoms with Crippen LogP contribution in [0.15, 0.2) is 54.6 Å². The zero-order valence-corrected chi connectivity index (χ0v) is 16.3. The quantitative estimate of drug-likeness (QED) is 0.676.